The van der Waals surface area contributed by atoms with Crippen LogP contribution in [0.3, 0.4) is 0 Å². The van der Waals surface area contributed by atoms with Crippen molar-refractivity contribution in [2.75, 3.05) is 17.7 Å². The Bertz CT molecular complexity index is 748. The lowest BCUT2D eigenvalue weighted by atomic mass is 10.1. The van der Waals surface area contributed by atoms with Crippen LogP contribution in [0.25, 0.3) is 0 Å². The highest BCUT2D eigenvalue weighted by molar-refractivity contribution is 7.99. The van der Waals surface area contributed by atoms with Crippen LogP contribution in [-0.4, -0.2) is 23.3 Å². The minimum absolute atomic E-state index is 0.0615. The van der Waals surface area contributed by atoms with Crippen LogP contribution in [0.5, 0.6) is 5.75 Å². The van der Waals surface area contributed by atoms with Crippen LogP contribution in [0, 0.1) is 0 Å². The minimum atomic E-state index is -4.41. The van der Waals surface area contributed by atoms with E-state index in [2.05, 4.69) is 10.3 Å². The number of thioether (sulfide) groups is 1. The van der Waals surface area contributed by atoms with Crippen LogP contribution >= 0.6 is 11.8 Å². The van der Waals surface area contributed by atoms with Crippen molar-refractivity contribution in [2.24, 2.45) is 0 Å². The molecule has 2 aromatic rings. The Morgan fingerprint density at radius 1 is 1.29 bits per heavy atom. The summed E-state index contributed by atoms with van der Waals surface area (Å²) in [6.07, 6.45) is -2.84. The number of carbonyl (C=O) groups excluding carboxylic acids is 1. The van der Waals surface area contributed by atoms with Crippen molar-refractivity contribution in [3.8, 4) is 5.75 Å². The third-order valence-corrected chi connectivity index (χ3v) is 4.33. The van der Waals surface area contributed by atoms with Gasteiger partial charge >= 0.3 is 6.18 Å². The summed E-state index contributed by atoms with van der Waals surface area (Å²) in [5, 5.41) is 3.12. The van der Waals surface area contributed by atoms with E-state index in [1.165, 1.54) is 6.07 Å². The van der Waals surface area contributed by atoms with Crippen LogP contribution in [0.15, 0.2) is 41.6 Å². The summed E-state index contributed by atoms with van der Waals surface area (Å²) in [6, 6.07) is 7.63. The molecule has 1 amide bonds. The number of benzene rings is 1. The number of anilines is 1. The number of rotatable bonds is 4. The Balaban J connectivity index is 1.54. The van der Waals surface area contributed by atoms with E-state index in [0.29, 0.717) is 17.3 Å². The largest absolute Gasteiger partial charge is 0.493 e. The number of fused-ring (bicyclic) bond motifs is 1. The van der Waals surface area contributed by atoms with E-state index in [1.54, 1.807) is 6.07 Å². The first-order chi connectivity index (χ1) is 11.4. The highest BCUT2D eigenvalue weighted by Crippen LogP contribution is 2.30. The predicted octanol–water partition coefficient (Wildman–Crippen LogP) is 3.77. The first-order valence-corrected chi connectivity index (χ1v) is 8.12. The molecule has 0 saturated carbocycles. The Hall–Kier alpha value is -2.22. The van der Waals surface area contributed by atoms with Gasteiger partial charge in [-0.15, -0.1) is 0 Å². The molecule has 24 heavy (non-hydrogen) atoms. The quantitative estimate of drug-likeness (QED) is 0.850. The summed E-state index contributed by atoms with van der Waals surface area (Å²) in [6.45, 7) is 0.641. The van der Waals surface area contributed by atoms with E-state index >= 15 is 0 Å². The molecule has 126 valence electrons. The molecule has 0 spiro atoms. The number of nitrogens with one attached hydrogen (secondary N) is 1. The van der Waals surface area contributed by atoms with Crippen LogP contribution in [0.2, 0.25) is 0 Å². The lowest BCUT2D eigenvalue weighted by Crippen LogP contribution is -2.14. The van der Waals surface area contributed by atoms with E-state index in [1.807, 2.05) is 12.1 Å². The van der Waals surface area contributed by atoms with Crippen molar-refractivity contribution in [3.05, 3.63) is 47.7 Å². The second kappa shape index (κ2) is 6.72. The molecule has 1 N–H and O–H groups in total. The van der Waals surface area contributed by atoms with Gasteiger partial charge in [0.15, 0.2) is 0 Å². The van der Waals surface area contributed by atoms with E-state index in [0.717, 1.165) is 41.8 Å². The average molecular weight is 354 g/mol. The second-order valence-corrected chi connectivity index (χ2v) is 6.14. The van der Waals surface area contributed by atoms with Crippen LogP contribution in [-0.2, 0) is 17.4 Å². The Morgan fingerprint density at radius 3 is 2.83 bits per heavy atom. The van der Waals surface area contributed by atoms with Gasteiger partial charge in [0.2, 0.25) is 5.91 Å². The molecule has 1 aliphatic heterocycles. The minimum Gasteiger partial charge on any atom is -0.493 e. The third kappa shape index (κ3) is 4.00. The molecule has 1 aliphatic rings. The molecule has 3 rings (SSSR count). The van der Waals surface area contributed by atoms with Crippen molar-refractivity contribution in [1.82, 2.24) is 4.98 Å². The van der Waals surface area contributed by atoms with Crippen molar-refractivity contribution < 1.29 is 22.7 Å². The smallest absolute Gasteiger partial charge is 0.417 e. The maximum absolute atomic E-state index is 12.5. The zero-order valence-electron chi connectivity index (χ0n) is 12.4. The Kier molecular flexibility index (Phi) is 4.66. The first kappa shape index (κ1) is 16.6. The Morgan fingerprint density at radius 2 is 2.12 bits per heavy atom. The van der Waals surface area contributed by atoms with Gasteiger partial charge in [-0.3, -0.25) is 4.79 Å². The number of nitrogens with zero attached hydrogens (tertiary/aromatic N) is 1. The lowest BCUT2D eigenvalue weighted by Gasteiger charge is -2.08. The van der Waals surface area contributed by atoms with Gasteiger partial charge in [-0.1, -0.05) is 11.8 Å². The molecular formula is C16H13F3N2O2S. The maximum atomic E-state index is 12.5. The van der Waals surface area contributed by atoms with E-state index in [-0.39, 0.29) is 11.7 Å². The fourth-order valence-electron chi connectivity index (χ4n) is 2.23. The number of alkyl halides is 3. The number of carbonyl (C=O) groups is 1. The molecule has 0 atom stereocenters. The number of aromatic nitrogens is 1. The average Bonchev–Trinajstić information content (AvgIpc) is 3.00. The summed E-state index contributed by atoms with van der Waals surface area (Å²) in [5.41, 5.74) is 0.909. The van der Waals surface area contributed by atoms with Crippen molar-refractivity contribution >= 4 is 23.4 Å². The number of pyridine rings is 1. The number of halogens is 3. The molecule has 0 saturated heterocycles. The van der Waals surface area contributed by atoms with Crippen LogP contribution in [0.4, 0.5) is 18.9 Å². The van der Waals surface area contributed by atoms with Crippen molar-refractivity contribution in [1.29, 1.82) is 0 Å². The fraction of sp³-hybridized carbons (Fsp3) is 0.250. The molecule has 8 heteroatoms. The first-order valence-electron chi connectivity index (χ1n) is 7.13. The summed E-state index contributed by atoms with van der Waals surface area (Å²) >= 11 is 1.08. The Labute approximate surface area is 140 Å². The molecule has 4 nitrogen and oxygen atoms in total. The predicted molar refractivity (Wildman–Crippen MR) is 84.2 cm³/mol. The van der Waals surface area contributed by atoms with Gasteiger partial charge in [0.25, 0.3) is 0 Å². The van der Waals surface area contributed by atoms with Crippen LogP contribution < -0.4 is 10.1 Å². The topological polar surface area (TPSA) is 51.2 Å². The van der Waals surface area contributed by atoms with Gasteiger partial charge < -0.3 is 10.1 Å². The molecule has 1 aromatic carbocycles. The highest BCUT2D eigenvalue weighted by Gasteiger charge is 2.30. The maximum Gasteiger partial charge on any atom is 0.417 e. The standard InChI is InChI=1S/C16H13F3N2O2S/c17-16(18,19)11-1-4-15(20-8-11)24-9-14(22)21-12-2-3-13-10(7-12)5-6-23-13/h1-4,7-8H,5-6,9H2,(H,21,22). The van der Waals surface area contributed by atoms with Gasteiger partial charge in [-0.05, 0) is 35.9 Å². The number of amides is 1. The molecule has 0 fully saturated rings. The number of hydrogen-bond donors (Lipinski definition) is 1. The summed E-state index contributed by atoms with van der Waals surface area (Å²) in [7, 11) is 0. The zero-order valence-corrected chi connectivity index (χ0v) is 13.2. The van der Waals surface area contributed by atoms with Gasteiger partial charge in [0.1, 0.15) is 5.75 Å². The third-order valence-electron chi connectivity index (χ3n) is 3.39. The van der Waals surface area contributed by atoms with Crippen molar-refractivity contribution in [3.63, 3.8) is 0 Å². The summed E-state index contributed by atoms with van der Waals surface area (Å²) in [4.78, 5) is 15.7. The molecule has 0 unspecified atom stereocenters. The van der Waals surface area contributed by atoms with E-state index < -0.39 is 11.7 Å². The monoisotopic (exact) mass is 354 g/mol. The van der Waals surface area contributed by atoms with E-state index in [9.17, 15) is 18.0 Å². The molecule has 1 aromatic heterocycles. The number of ether oxygens (including phenoxy) is 1. The lowest BCUT2D eigenvalue weighted by molar-refractivity contribution is -0.137. The van der Waals surface area contributed by atoms with Gasteiger partial charge in [-0.2, -0.15) is 13.2 Å². The zero-order chi connectivity index (χ0) is 17.2. The van der Waals surface area contributed by atoms with Crippen molar-refractivity contribution in [2.45, 2.75) is 17.6 Å². The van der Waals surface area contributed by atoms with Crippen LogP contribution in [0.1, 0.15) is 11.1 Å². The summed E-state index contributed by atoms with van der Waals surface area (Å²) < 4.78 is 42.7. The van der Waals surface area contributed by atoms with Gasteiger partial charge in [-0.25, -0.2) is 4.98 Å². The second-order valence-electron chi connectivity index (χ2n) is 5.14. The fourth-order valence-corrected chi connectivity index (χ4v) is 2.88. The molecule has 2 heterocycles. The molecular weight excluding hydrogens is 341 g/mol. The SMILES string of the molecule is O=C(CSc1ccc(C(F)(F)F)cn1)Nc1ccc2c(c1)CCO2. The normalized spacial score (nSPS) is 13.3. The highest BCUT2D eigenvalue weighted by atomic mass is 32.2. The molecule has 0 radical (unpaired) electrons. The molecule has 0 aliphatic carbocycles. The molecule has 0 bridgehead atoms. The number of hydrogen-bond acceptors (Lipinski definition) is 4. The summed E-state index contributed by atoms with van der Waals surface area (Å²) in [5.74, 6) is 0.642. The van der Waals surface area contributed by atoms with Gasteiger partial charge in [0, 0.05) is 18.3 Å². The van der Waals surface area contributed by atoms with E-state index in [4.69, 9.17) is 4.74 Å². The van der Waals surface area contributed by atoms with Gasteiger partial charge in [0.05, 0.1) is 22.9 Å².